The molecule has 3 aromatic carbocycles. The largest absolute Gasteiger partial charge is 0.507 e. The molecule has 0 aliphatic carbocycles. The molecule has 4 aromatic rings. The third-order valence-corrected chi connectivity index (χ3v) is 7.09. The molecule has 34 heavy (non-hydrogen) atoms. The normalized spacial score (nSPS) is 17.5. The number of nitrogens with zero attached hydrogens (tertiary/aromatic N) is 2. The van der Waals surface area contributed by atoms with E-state index in [9.17, 15) is 19.1 Å². The van der Waals surface area contributed by atoms with Crippen molar-refractivity contribution in [3.05, 3.63) is 93.7 Å². The third-order valence-electron chi connectivity index (χ3n) is 5.54. The molecule has 6 nitrogen and oxygen atoms in total. The van der Waals surface area contributed by atoms with Crippen LogP contribution in [0.1, 0.15) is 17.2 Å². The SMILES string of the molecule is COc1ccc(C(O)=C2C(=O)C(=O)N(c3nc4ccc(F)cc4s3)[C@H]2c2ccc(Br)cc2)cc1. The summed E-state index contributed by atoms with van der Waals surface area (Å²) in [5.74, 6) is -1.78. The topological polar surface area (TPSA) is 79.7 Å². The number of Topliss-reactive ketones (excluding diaryl/α,β-unsaturated/α-hetero) is 1. The van der Waals surface area contributed by atoms with Crippen LogP contribution in [-0.2, 0) is 9.59 Å². The summed E-state index contributed by atoms with van der Waals surface area (Å²) in [6.07, 6.45) is 0. The highest BCUT2D eigenvalue weighted by molar-refractivity contribution is 9.10. The Balaban J connectivity index is 1.71. The van der Waals surface area contributed by atoms with Gasteiger partial charge in [-0.1, -0.05) is 39.4 Å². The van der Waals surface area contributed by atoms with Crippen molar-refractivity contribution < 1.29 is 23.8 Å². The summed E-state index contributed by atoms with van der Waals surface area (Å²) in [5.41, 5.74) is 1.44. The van der Waals surface area contributed by atoms with Crippen LogP contribution in [0.2, 0.25) is 0 Å². The van der Waals surface area contributed by atoms with Gasteiger partial charge in [0.2, 0.25) is 0 Å². The van der Waals surface area contributed by atoms with Gasteiger partial charge in [0.1, 0.15) is 17.3 Å². The molecular weight excluding hydrogens is 523 g/mol. The maximum Gasteiger partial charge on any atom is 0.301 e. The standard InChI is InChI=1S/C25H16BrFN2O4S/c1-33-17-9-4-14(5-10-17)22(30)20-21(13-2-6-15(26)7-3-13)29(24(32)23(20)31)25-28-18-11-8-16(27)12-19(18)34-25/h2-12,21,30H,1H3/t21-/m0/s1. The number of aliphatic hydroxyl groups is 1. The monoisotopic (exact) mass is 538 g/mol. The molecule has 9 heteroatoms. The van der Waals surface area contributed by atoms with Crippen LogP contribution in [0.4, 0.5) is 9.52 Å². The van der Waals surface area contributed by atoms with Crippen molar-refractivity contribution in [3.8, 4) is 5.75 Å². The number of aliphatic hydroxyl groups excluding tert-OH is 1. The minimum atomic E-state index is -0.916. The quantitative estimate of drug-likeness (QED) is 0.201. The minimum Gasteiger partial charge on any atom is -0.507 e. The Morgan fingerprint density at radius 2 is 1.79 bits per heavy atom. The van der Waals surface area contributed by atoms with E-state index in [1.807, 2.05) is 0 Å². The lowest BCUT2D eigenvalue weighted by Crippen LogP contribution is -2.29. The number of thiazole rings is 1. The van der Waals surface area contributed by atoms with Gasteiger partial charge in [0.05, 0.1) is 28.9 Å². The first-order chi connectivity index (χ1) is 16.4. The van der Waals surface area contributed by atoms with E-state index in [0.29, 0.717) is 27.1 Å². The summed E-state index contributed by atoms with van der Waals surface area (Å²) in [6.45, 7) is 0. The molecule has 1 fully saturated rings. The molecule has 1 aliphatic rings. The molecule has 1 aliphatic heterocycles. The number of carbonyl (C=O) groups excluding carboxylic acids is 2. The predicted octanol–water partition coefficient (Wildman–Crippen LogP) is 5.83. The van der Waals surface area contributed by atoms with E-state index in [2.05, 4.69) is 20.9 Å². The van der Waals surface area contributed by atoms with Gasteiger partial charge >= 0.3 is 5.91 Å². The van der Waals surface area contributed by atoms with Crippen molar-refractivity contribution in [1.29, 1.82) is 0 Å². The molecule has 1 aromatic heterocycles. The highest BCUT2D eigenvalue weighted by Gasteiger charge is 2.48. The molecular formula is C25H16BrFN2O4S. The van der Waals surface area contributed by atoms with Crippen LogP contribution in [0.5, 0.6) is 5.75 Å². The Morgan fingerprint density at radius 1 is 1.09 bits per heavy atom. The number of amides is 1. The zero-order chi connectivity index (χ0) is 24.0. The molecule has 0 radical (unpaired) electrons. The first-order valence-electron chi connectivity index (χ1n) is 10.1. The highest BCUT2D eigenvalue weighted by Crippen LogP contribution is 2.44. The average molecular weight is 539 g/mol. The van der Waals surface area contributed by atoms with Crippen molar-refractivity contribution in [3.63, 3.8) is 0 Å². The lowest BCUT2D eigenvalue weighted by molar-refractivity contribution is -0.132. The van der Waals surface area contributed by atoms with Crippen LogP contribution < -0.4 is 9.64 Å². The second kappa shape index (κ2) is 8.66. The summed E-state index contributed by atoms with van der Waals surface area (Å²) in [7, 11) is 1.53. The number of anilines is 1. The van der Waals surface area contributed by atoms with Crippen molar-refractivity contribution >= 4 is 60.1 Å². The van der Waals surface area contributed by atoms with Crippen molar-refractivity contribution in [2.75, 3.05) is 12.0 Å². The molecule has 5 rings (SSSR count). The molecule has 0 saturated carbocycles. The molecule has 0 unspecified atom stereocenters. The summed E-state index contributed by atoms with van der Waals surface area (Å²) >= 11 is 4.50. The Hall–Kier alpha value is -3.56. The number of ketones is 1. The number of fused-ring (bicyclic) bond motifs is 1. The summed E-state index contributed by atoms with van der Waals surface area (Å²) in [6, 6.07) is 16.9. The number of halogens is 2. The molecule has 0 spiro atoms. The molecule has 1 saturated heterocycles. The van der Waals surface area contributed by atoms with E-state index in [1.165, 1.54) is 30.2 Å². The smallest absolute Gasteiger partial charge is 0.301 e. The van der Waals surface area contributed by atoms with Gasteiger partial charge in [-0.2, -0.15) is 0 Å². The third kappa shape index (κ3) is 3.76. The van der Waals surface area contributed by atoms with Crippen LogP contribution in [0.25, 0.3) is 16.0 Å². The van der Waals surface area contributed by atoms with Crippen LogP contribution in [0.3, 0.4) is 0 Å². The summed E-state index contributed by atoms with van der Waals surface area (Å²) in [4.78, 5) is 32.2. The number of rotatable bonds is 4. The predicted molar refractivity (Wildman–Crippen MR) is 131 cm³/mol. The Kier molecular flexibility index (Phi) is 5.66. The second-order valence-electron chi connectivity index (χ2n) is 7.56. The van der Waals surface area contributed by atoms with Crippen LogP contribution in [-0.4, -0.2) is 28.9 Å². The van der Waals surface area contributed by atoms with E-state index < -0.39 is 23.5 Å². The zero-order valence-electron chi connectivity index (χ0n) is 17.7. The average Bonchev–Trinajstić information content (AvgIpc) is 3.37. The van der Waals surface area contributed by atoms with Crippen molar-refractivity contribution in [2.24, 2.45) is 0 Å². The molecule has 170 valence electrons. The maximum atomic E-state index is 13.7. The van der Waals surface area contributed by atoms with E-state index in [4.69, 9.17) is 4.74 Å². The van der Waals surface area contributed by atoms with Gasteiger partial charge in [-0.25, -0.2) is 9.37 Å². The molecule has 2 heterocycles. The number of ether oxygens (including phenoxy) is 1. The number of benzene rings is 3. The molecule has 1 atom stereocenters. The van der Waals surface area contributed by atoms with Gasteiger partial charge in [-0.05, 0) is 60.2 Å². The van der Waals surface area contributed by atoms with Crippen LogP contribution in [0.15, 0.2) is 76.8 Å². The molecule has 1 amide bonds. The minimum absolute atomic E-state index is 0.0528. The van der Waals surface area contributed by atoms with Gasteiger partial charge in [-0.15, -0.1) is 0 Å². The maximum absolute atomic E-state index is 13.7. The Morgan fingerprint density at radius 3 is 2.47 bits per heavy atom. The van der Waals surface area contributed by atoms with E-state index in [0.717, 1.165) is 15.8 Å². The number of hydrogen-bond donors (Lipinski definition) is 1. The molecule has 0 bridgehead atoms. The van der Waals surface area contributed by atoms with Gasteiger partial charge in [0.25, 0.3) is 5.78 Å². The van der Waals surface area contributed by atoms with Gasteiger partial charge in [-0.3, -0.25) is 14.5 Å². The lowest BCUT2D eigenvalue weighted by Gasteiger charge is -2.23. The summed E-state index contributed by atoms with van der Waals surface area (Å²) in [5, 5.41) is 11.4. The highest BCUT2D eigenvalue weighted by atomic mass is 79.9. The fourth-order valence-corrected chi connectivity index (χ4v) is 5.17. The Bertz CT molecular complexity index is 1460. The number of carbonyl (C=O) groups is 2. The van der Waals surface area contributed by atoms with Crippen molar-refractivity contribution in [2.45, 2.75) is 6.04 Å². The number of methoxy groups -OCH3 is 1. The van der Waals surface area contributed by atoms with Gasteiger partial charge in [0, 0.05) is 10.0 Å². The number of hydrogen-bond acceptors (Lipinski definition) is 6. The van der Waals surface area contributed by atoms with Crippen LogP contribution in [0, 0.1) is 5.82 Å². The lowest BCUT2D eigenvalue weighted by atomic mass is 9.95. The first kappa shape index (κ1) is 22.2. The van der Waals surface area contributed by atoms with Gasteiger partial charge in [0.15, 0.2) is 5.13 Å². The van der Waals surface area contributed by atoms with Gasteiger partial charge < -0.3 is 9.84 Å². The fraction of sp³-hybridized carbons (Fsp3) is 0.0800. The second-order valence-corrected chi connectivity index (χ2v) is 9.48. The van der Waals surface area contributed by atoms with E-state index >= 15 is 0 Å². The van der Waals surface area contributed by atoms with Crippen molar-refractivity contribution in [1.82, 2.24) is 4.98 Å². The zero-order valence-corrected chi connectivity index (χ0v) is 20.1. The number of aromatic nitrogens is 1. The fourth-order valence-electron chi connectivity index (χ4n) is 3.88. The van der Waals surface area contributed by atoms with E-state index in [1.54, 1.807) is 48.5 Å². The first-order valence-corrected chi connectivity index (χ1v) is 11.8. The van der Waals surface area contributed by atoms with Crippen LogP contribution >= 0.6 is 27.3 Å². The summed E-state index contributed by atoms with van der Waals surface area (Å²) < 4.78 is 20.3. The Labute approximate surface area is 206 Å². The molecule has 1 N–H and O–H groups in total. The van der Waals surface area contributed by atoms with E-state index in [-0.39, 0.29) is 16.5 Å².